The van der Waals surface area contributed by atoms with E-state index in [9.17, 15) is 4.79 Å². The summed E-state index contributed by atoms with van der Waals surface area (Å²) in [5.41, 5.74) is 1.96. The van der Waals surface area contributed by atoms with Crippen LogP contribution in [0.2, 0.25) is 0 Å². The first-order valence-electron chi connectivity index (χ1n) is 8.31. The lowest BCUT2D eigenvalue weighted by Crippen LogP contribution is -2.30. The first-order valence-corrected chi connectivity index (χ1v) is 8.31. The number of fused-ring (bicyclic) bond motifs is 1. The number of carbonyl (C=O) groups excluding carboxylic acids is 1. The second-order valence-electron chi connectivity index (χ2n) is 5.56. The van der Waals surface area contributed by atoms with Crippen LogP contribution in [0.4, 0.5) is 5.95 Å². The van der Waals surface area contributed by atoms with E-state index in [0.717, 1.165) is 11.3 Å². The Morgan fingerprint density at radius 2 is 2.08 bits per heavy atom. The Morgan fingerprint density at radius 3 is 2.73 bits per heavy atom. The van der Waals surface area contributed by atoms with Gasteiger partial charge in [0.05, 0.1) is 26.4 Å². The topological polar surface area (TPSA) is 100 Å². The third-order valence-corrected chi connectivity index (χ3v) is 4.16. The maximum absolute atomic E-state index is 12.5. The SMILES string of the molecule is CCOc1ccc([C@H]2C(C(=O)OC)=C(CC)Nc3nnnn32)cc1OC. The van der Waals surface area contributed by atoms with E-state index in [0.29, 0.717) is 36.0 Å². The number of nitrogens with one attached hydrogen (secondary N) is 1. The molecule has 1 atom stereocenters. The Labute approximate surface area is 150 Å². The van der Waals surface area contributed by atoms with Gasteiger partial charge in [-0.05, 0) is 41.5 Å². The number of tetrazole rings is 1. The first kappa shape index (κ1) is 17.7. The summed E-state index contributed by atoms with van der Waals surface area (Å²) >= 11 is 0. The summed E-state index contributed by atoms with van der Waals surface area (Å²) in [6, 6.07) is 4.96. The Morgan fingerprint density at radius 1 is 1.27 bits per heavy atom. The standard InChI is InChI=1S/C17H21N5O4/c1-5-11-14(16(23)25-4)15(22-17(18-11)19-20-21-22)10-7-8-12(26-6-2)13(9-10)24-3/h7-9,15H,5-6H2,1-4H3,(H,18,19,21)/t15-/m0/s1. The van der Waals surface area contributed by atoms with Crippen LogP contribution in [0.3, 0.4) is 0 Å². The zero-order valence-electron chi connectivity index (χ0n) is 15.1. The largest absolute Gasteiger partial charge is 0.493 e. The molecule has 1 aromatic heterocycles. The molecular weight excluding hydrogens is 338 g/mol. The zero-order chi connectivity index (χ0) is 18.7. The van der Waals surface area contributed by atoms with Crippen LogP contribution in [0, 0.1) is 0 Å². The van der Waals surface area contributed by atoms with E-state index in [-0.39, 0.29) is 0 Å². The van der Waals surface area contributed by atoms with Gasteiger partial charge in [0.25, 0.3) is 0 Å². The van der Waals surface area contributed by atoms with Crippen LogP contribution < -0.4 is 14.8 Å². The molecule has 9 nitrogen and oxygen atoms in total. The average molecular weight is 359 g/mol. The number of methoxy groups -OCH3 is 2. The zero-order valence-corrected chi connectivity index (χ0v) is 15.1. The van der Waals surface area contributed by atoms with Gasteiger partial charge < -0.3 is 19.5 Å². The van der Waals surface area contributed by atoms with Crippen LogP contribution >= 0.6 is 0 Å². The van der Waals surface area contributed by atoms with Crippen LogP contribution in [0.5, 0.6) is 11.5 Å². The molecule has 3 rings (SSSR count). The number of ether oxygens (including phenoxy) is 3. The van der Waals surface area contributed by atoms with Crippen LogP contribution in [-0.4, -0.2) is 47.0 Å². The molecule has 138 valence electrons. The van der Waals surface area contributed by atoms with Crippen LogP contribution in [0.1, 0.15) is 31.9 Å². The third kappa shape index (κ3) is 2.96. The molecule has 2 aromatic rings. The number of hydrogen-bond donors (Lipinski definition) is 1. The van der Waals surface area contributed by atoms with Crippen molar-refractivity contribution in [3.8, 4) is 11.5 Å². The number of nitrogens with zero attached hydrogens (tertiary/aromatic N) is 4. The Balaban J connectivity index is 2.17. The minimum Gasteiger partial charge on any atom is -0.493 e. The lowest BCUT2D eigenvalue weighted by molar-refractivity contribution is -0.136. The Bertz CT molecular complexity index is 845. The van der Waals surface area contributed by atoms with Crippen molar-refractivity contribution in [2.75, 3.05) is 26.1 Å². The normalized spacial score (nSPS) is 15.9. The Hall–Kier alpha value is -3.10. The molecule has 2 heterocycles. The van der Waals surface area contributed by atoms with Gasteiger partial charge in [0.2, 0.25) is 5.95 Å². The molecule has 0 fully saturated rings. The van der Waals surface area contributed by atoms with Gasteiger partial charge in [-0.2, -0.15) is 4.68 Å². The maximum Gasteiger partial charge on any atom is 0.338 e. The summed E-state index contributed by atoms with van der Waals surface area (Å²) in [6.07, 6.45) is 0.599. The van der Waals surface area contributed by atoms with Gasteiger partial charge in [-0.25, -0.2) is 4.79 Å². The summed E-state index contributed by atoms with van der Waals surface area (Å²) in [4.78, 5) is 12.5. The maximum atomic E-state index is 12.5. The molecule has 0 spiro atoms. The van der Waals surface area contributed by atoms with E-state index in [4.69, 9.17) is 14.2 Å². The molecule has 26 heavy (non-hydrogen) atoms. The van der Waals surface area contributed by atoms with Gasteiger partial charge in [0.15, 0.2) is 11.5 Å². The molecule has 1 N–H and O–H groups in total. The van der Waals surface area contributed by atoms with Crippen molar-refractivity contribution < 1.29 is 19.0 Å². The molecule has 0 amide bonds. The van der Waals surface area contributed by atoms with Crippen molar-refractivity contribution in [1.82, 2.24) is 20.2 Å². The van der Waals surface area contributed by atoms with E-state index in [1.165, 1.54) is 7.11 Å². The van der Waals surface area contributed by atoms with Crippen molar-refractivity contribution in [3.63, 3.8) is 0 Å². The number of anilines is 1. The number of allylic oxidation sites excluding steroid dienone is 1. The second-order valence-corrected chi connectivity index (χ2v) is 5.56. The molecule has 1 aromatic carbocycles. The molecule has 0 saturated carbocycles. The minimum absolute atomic E-state index is 0.437. The van der Waals surface area contributed by atoms with E-state index >= 15 is 0 Å². The highest BCUT2D eigenvalue weighted by molar-refractivity contribution is 5.92. The van der Waals surface area contributed by atoms with Gasteiger partial charge in [-0.3, -0.25) is 0 Å². The lowest BCUT2D eigenvalue weighted by Gasteiger charge is -2.28. The highest BCUT2D eigenvalue weighted by Gasteiger charge is 2.35. The first-order chi connectivity index (χ1) is 12.6. The predicted octanol–water partition coefficient (Wildman–Crippen LogP) is 1.93. The van der Waals surface area contributed by atoms with Gasteiger partial charge in [0.1, 0.15) is 6.04 Å². The number of esters is 1. The second kappa shape index (κ2) is 7.42. The van der Waals surface area contributed by atoms with Gasteiger partial charge in [0, 0.05) is 5.70 Å². The minimum atomic E-state index is -0.534. The summed E-state index contributed by atoms with van der Waals surface area (Å²) in [5, 5.41) is 14.9. The van der Waals surface area contributed by atoms with Crippen molar-refractivity contribution in [1.29, 1.82) is 0 Å². The van der Waals surface area contributed by atoms with Crippen LogP contribution in [0.15, 0.2) is 29.5 Å². The van der Waals surface area contributed by atoms with Crippen molar-refractivity contribution >= 4 is 11.9 Å². The van der Waals surface area contributed by atoms with Crippen molar-refractivity contribution in [2.24, 2.45) is 0 Å². The molecule has 0 bridgehead atoms. The highest BCUT2D eigenvalue weighted by Crippen LogP contribution is 2.39. The number of hydrogen-bond acceptors (Lipinski definition) is 8. The summed E-state index contributed by atoms with van der Waals surface area (Å²) in [7, 11) is 2.93. The molecule has 9 heteroatoms. The molecule has 1 aliphatic heterocycles. The summed E-state index contributed by atoms with van der Waals surface area (Å²) < 4.78 is 17.6. The third-order valence-electron chi connectivity index (χ3n) is 4.16. The fourth-order valence-electron chi connectivity index (χ4n) is 3.00. The van der Waals surface area contributed by atoms with Gasteiger partial charge >= 0.3 is 5.97 Å². The summed E-state index contributed by atoms with van der Waals surface area (Å²) in [6.45, 7) is 4.37. The summed E-state index contributed by atoms with van der Waals surface area (Å²) in [5.74, 6) is 1.23. The molecule has 0 radical (unpaired) electrons. The number of aromatic nitrogens is 4. The van der Waals surface area contributed by atoms with Crippen LogP contribution in [-0.2, 0) is 9.53 Å². The number of benzene rings is 1. The number of rotatable bonds is 6. The lowest BCUT2D eigenvalue weighted by atomic mass is 9.94. The molecule has 0 unspecified atom stereocenters. The highest BCUT2D eigenvalue weighted by atomic mass is 16.5. The van der Waals surface area contributed by atoms with E-state index < -0.39 is 12.0 Å². The Kier molecular flexibility index (Phi) is 5.06. The van der Waals surface area contributed by atoms with E-state index in [1.54, 1.807) is 11.8 Å². The fraction of sp³-hybridized carbons (Fsp3) is 0.412. The van der Waals surface area contributed by atoms with Crippen molar-refractivity contribution in [2.45, 2.75) is 26.3 Å². The van der Waals surface area contributed by atoms with Gasteiger partial charge in [-0.15, -0.1) is 0 Å². The van der Waals surface area contributed by atoms with Gasteiger partial charge in [-0.1, -0.05) is 18.1 Å². The quantitative estimate of drug-likeness (QED) is 0.781. The number of carbonyl (C=O) groups is 1. The predicted molar refractivity (Wildman–Crippen MR) is 93.1 cm³/mol. The smallest absolute Gasteiger partial charge is 0.338 e. The monoisotopic (exact) mass is 359 g/mol. The van der Waals surface area contributed by atoms with E-state index in [1.807, 2.05) is 32.0 Å². The molecular formula is C17H21N5O4. The molecule has 1 aliphatic rings. The van der Waals surface area contributed by atoms with Crippen molar-refractivity contribution in [3.05, 3.63) is 35.0 Å². The van der Waals surface area contributed by atoms with Crippen LogP contribution in [0.25, 0.3) is 0 Å². The van der Waals surface area contributed by atoms with E-state index in [2.05, 4.69) is 20.8 Å². The molecule has 0 saturated heterocycles. The fourth-order valence-corrected chi connectivity index (χ4v) is 3.00. The molecule has 0 aliphatic carbocycles. The average Bonchev–Trinajstić information content (AvgIpc) is 3.14.